The second kappa shape index (κ2) is 4.52. The second-order valence-corrected chi connectivity index (χ2v) is 2.57. The van der Waals surface area contributed by atoms with Gasteiger partial charge in [-0.15, -0.1) is 0 Å². The maximum atomic E-state index is 2.20. The molecular weight excluding hydrogens is 167 g/mol. The smallest absolute Gasteiger partial charge is 0 e. The largest absolute Gasteiger partial charge is 0.0622 e. The van der Waals surface area contributed by atoms with Crippen LogP contribution < -0.4 is 0 Å². The first-order valence-corrected chi connectivity index (χ1v) is 3.35. The van der Waals surface area contributed by atoms with E-state index in [2.05, 4.69) is 38.1 Å². The molecular formula is C9H12Ni. The van der Waals surface area contributed by atoms with Gasteiger partial charge in [-0.05, 0) is 11.5 Å². The molecule has 0 radical (unpaired) electrons. The van der Waals surface area contributed by atoms with Crippen LogP contribution >= 0.6 is 0 Å². The van der Waals surface area contributed by atoms with Gasteiger partial charge in [-0.25, -0.2) is 0 Å². The minimum absolute atomic E-state index is 0. The number of benzene rings is 1. The molecule has 1 rings (SSSR count). The Kier molecular flexibility index (Phi) is 4.39. The molecule has 0 aliphatic heterocycles. The first-order valence-electron chi connectivity index (χ1n) is 3.35. The van der Waals surface area contributed by atoms with Crippen LogP contribution in [0.3, 0.4) is 0 Å². The van der Waals surface area contributed by atoms with Gasteiger partial charge in [0.2, 0.25) is 0 Å². The predicted octanol–water partition coefficient (Wildman–Crippen LogP) is 2.81. The van der Waals surface area contributed by atoms with Gasteiger partial charge in [0.15, 0.2) is 0 Å². The summed E-state index contributed by atoms with van der Waals surface area (Å²) < 4.78 is 0. The van der Waals surface area contributed by atoms with Gasteiger partial charge < -0.3 is 0 Å². The van der Waals surface area contributed by atoms with Crippen molar-refractivity contribution >= 4 is 0 Å². The molecule has 0 heterocycles. The van der Waals surface area contributed by atoms with E-state index in [1.54, 1.807) is 0 Å². The van der Waals surface area contributed by atoms with Crippen LogP contribution in [0.5, 0.6) is 0 Å². The van der Waals surface area contributed by atoms with E-state index in [0.29, 0.717) is 5.92 Å². The fourth-order valence-electron chi connectivity index (χ4n) is 0.838. The molecule has 1 aromatic rings. The third-order valence-electron chi connectivity index (χ3n) is 1.47. The SMILES string of the molecule is CC(C)c1ccccc1.[Ni]. The van der Waals surface area contributed by atoms with Crippen LogP contribution in [0.25, 0.3) is 0 Å². The number of hydrogen-bond donors (Lipinski definition) is 0. The van der Waals surface area contributed by atoms with Crippen LogP contribution in [-0.4, -0.2) is 0 Å². The Morgan fingerprint density at radius 2 is 1.50 bits per heavy atom. The Morgan fingerprint density at radius 3 is 1.80 bits per heavy atom. The Balaban J connectivity index is 0.000000810. The summed E-state index contributed by atoms with van der Waals surface area (Å²) in [5.41, 5.74) is 1.41. The van der Waals surface area contributed by atoms with Crippen LogP contribution in [0, 0.1) is 0 Å². The van der Waals surface area contributed by atoms with Crippen molar-refractivity contribution in [1.82, 2.24) is 0 Å². The Labute approximate surface area is 72.6 Å². The van der Waals surface area contributed by atoms with Crippen molar-refractivity contribution in [3.05, 3.63) is 35.9 Å². The Hall–Kier alpha value is -0.286. The van der Waals surface area contributed by atoms with E-state index < -0.39 is 0 Å². The summed E-state index contributed by atoms with van der Waals surface area (Å²) in [5, 5.41) is 0. The van der Waals surface area contributed by atoms with Gasteiger partial charge in [0, 0.05) is 16.5 Å². The third kappa shape index (κ3) is 2.53. The summed E-state index contributed by atoms with van der Waals surface area (Å²) in [6.45, 7) is 4.41. The van der Waals surface area contributed by atoms with Crippen LogP contribution in [0.2, 0.25) is 0 Å². The van der Waals surface area contributed by atoms with Gasteiger partial charge in [0.05, 0.1) is 0 Å². The quantitative estimate of drug-likeness (QED) is 0.581. The topological polar surface area (TPSA) is 0 Å². The summed E-state index contributed by atoms with van der Waals surface area (Å²) in [7, 11) is 0. The first-order chi connectivity index (χ1) is 4.30. The van der Waals surface area contributed by atoms with E-state index in [1.807, 2.05) is 6.07 Å². The standard InChI is InChI=1S/C9H12.Ni/c1-8(2)9-6-4-3-5-7-9;/h3-8H,1-2H3;. The third-order valence-corrected chi connectivity index (χ3v) is 1.47. The van der Waals surface area contributed by atoms with Gasteiger partial charge in [0.1, 0.15) is 0 Å². The van der Waals surface area contributed by atoms with Crippen LogP contribution in [0.4, 0.5) is 0 Å². The maximum absolute atomic E-state index is 2.20. The van der Waals surface area contributed by atoms with Gasteiger partial charge in [-0.3, -0.25) is 0 Å². The summed E-state index contributed by atoms with van der Waals surface area (Å²) in [6, 6.07) is 10.5. The molecule has 10 heavy (non-hydrogen) atoms. The maximum Gasteiger partial charge on any atom is 0 e. The first kappa shape index (κ1) is 9.71. The molecule has 0 fully saturated rings. The molecule has 58 valence electrons. The van der Waals surface area contributed by atoms with E-state index in [4.69, 9.17) is 0 Å². The van der Waals surface area contributed by atoms with E-state index in [-0.39, 0.29) is 16.5 Å². The fourth-order valence-corrected chi connectivity index (χ4v) is 0.838. The average molecular weight is 179 g/mol. The normalized spacial score (nSPS) is 9.10. The molecule has 0 nitrogen and oxygen atoms in total. The molecule has 0 saturated carbocycles. The van der Waals surface area contributed by atoms with E-state index >= 15 is 0 Å². The van der Waals surface area contributed by atoms with E-state index in [1.165, 1.54) is 5.56 Å². The van der Waals surface area contributed by atoms with Gasteiger partial charge in [-0.1, -0.05) is 44.2 Å². The van der Waals surface area contributed by atoms with E-state index in [0.717, 1.165) is 0 Å². The molecule has 1 aromatic carbocycles. The molecule has 0 aliphatic carbocycles. The average Bonchev–Trinajstić information content (AvgIpc) is 1.90. The fraction of sp³-hybridized carbons (Fsp3) is 0.333. The van der Waals surface area contributed by atoms with Gasteiger partial charge >= 0.3 is 0 Å². The Bertz CT molecular complexity index is 167. The van der Waals surface area contributed by atoms with Gasteiger partial charge in [-0.2, -0.15) is 0 Å². The molecule has 0 spiro atoms. The van der Waals surface area contributed by atoms with Crippen molar-refractivity contribution in [3.8, 4) is 0 Å². The molecule has 0 unspecified atom stereocenters. The molecule has 1 heteroatoms. The van der Waals surface area contributed by atoms with Gasteiger partial charge in [0.25, 0.3) is 0 Å². The van der Waals surface area contributed by atoms with Crippen LogP contribution in [0.15, 0.2) is 30.3 Å². The van der Waals surface area contributed by atoms with Crippen molar-refractivity contribution in [2.45, 2.75) is 19.8 Å². The van der Waals surface area contributed by atoms with Crippen molar-refractivity contribution in [2.75, 3.05) is 0 Å². The second-order valence-electron chi connectivity index (χ2n) is 2.57. The van der Waals surface area contributed by atoms with Crippen LogP contribution in [-0.2, 0) is 16.5 Å². The predicted molar refractivity (Wildman–Crippen MR) is 40.5 cm³/mol. The molecule has 0 aromatic heterocycles. The van der Waals surface area contributed by atoms with Crippen molar-refractivity contribution in [1.29, 1.82) is 0 Å². The monoisotopic (exact) mass is 178 g/mol. The zero-order chi connectivity index (χ0) is 6.69. The minimum Gasteiger partial charge on any atom is -0.0622 e. The molecule has 0 atom stereocenters. The number of rotatable bonds is 1. The van der Waals surface area contributed by atoms with Crippen LogP contribution in [0.1, 0.15) is 25.3 Å². The molecule has 0 N–H and O–H groups in total. The summed E-state index contributed by atoms with van der Waals surface area (Å²) >= 11 is 0. The van der Waals surface area contributed by atoms with E-state index in [9.17, 15) is 0 Å². The summed E-state index contributed by atoms with van der Waals surface area (Å²) in [5.74, 6) is 0.659. The molecule has 0 bridgehead atoms. The zero-order valence-electron chi connectivity index (χ0n) is 6.28. The minimum atomic E-state index is 0. The molecule has 0 saturated heterocycles. The Morgan fingerprint density at radius 1 is 1.00 bits per heavy atom. The summed E-state index contributed by atoms with van der Waals surface area (Å²) in [4.78, 5) is 0. The van der Waals surface area contributed by atoms with Crippen molar-refractivity contribution in [2.24, 2.45) is 0 Å². The van der Waals surface area contributed by atoms with Crippen molar-refractivity contribution in [3.63, 3.8) is 0 Å². The summed E-state index contributed by atoms with van der Waals surface area (Å²) in [6.07, 6.45) is 0. The number of hydrogen-bond acceptors (Lipinski definition) is 0. The zero-order valence-corrected chi connectivity index (χ0v) is 7.27. The molecule has 0 amide bonds. The van der Waals surface area contributed by atoms with Crippen molar-refractivity contribution < 1.29 is 16.5 Å². The molecule has 0 aliphatic rings.